The first-order chi connectivity index (χ1) is 13.5. The van der Waals surface area contributed by atoms with Gasteiger partial charge in [-0.2, -0.15) is 4.98 Å². The summed E-state index contributed by atoms with van der Waals surface area (Å²) in [4.78, 5) is 27.3. The van der Waals surface area contributed by atoms with Gasteiger partial charge in [-0.15, -0.1) is 0 Å². The van der Waals surface area contributed by atoms with E-state index in [1.807, 2.05) is 0 Å². The van der Waals surface area contributed by atoms with Crippen molar-refractivity contribution < 1.29 is 29.7 Å². The van der Waals surface area contributed by atoms with Crippen molar-refractivity contribution in [2.45, 2.75) is 76.4 Å². The van der Waals surface area contributed by atoms with Crippen molar-refractivity contribution in [1.82, 2.24) is 9.55 Å². The van der Waals surface area contributed by atoms with E-state index in [9.17, 15) is 19.8 Å². The lowest BCUT2D eigenvalue weighted by Gasteiger charge is -2.17. The Morgan fingerprint density at radius 3 is 2.64 bits per heavy atom. The van der Waals surface area contributed by atoms with E-state index in [0.717, 1.165) is 30.3 Å². The number of ether oxygens (including phenoxy) is 2. The van der Waals surface area contributed by atoms with E-state index >= 15 is 0 Å². The summed E-state index contributed by atoms with van der Waals surface area (Å²) in [5.74, 6) is -0.448. The Bertz CT molecular complexity index is 681. The minimum absolute atomic E-state index is 0.0607. The van der Waals surface area contributed by atoms with Gasteiger partial charge in [-0.25, -0.2) is 4.79 Å². The molecule has 1 fully saturated rings. The zero-order valence-electron chi connectivity index (χ0n) is 16.0. The summed E-state index contributed by atoms with van der Waals surface area (Å²) in [5, 5.41) is 29.1. The predicted octanol–water partition coefficient (Wildman–Crippen LogP) is 0.957. The number of aliphatic hydroxyl groups excluding tert-OH is 2. The third-order valence-electron chi connectivity index (χ3n) is 4.70. The summed E-state index contributed by atoms with van der Waals surface area (Å²) in [5.41, 5.74) is 0.962. The minimum Gasteiger partial charge on any atom is -0.463 e. The van der Waals surface area contributed by atoms with Gasteiger partial charge >= 0.3 is 11.7 Å². The molecule has 28 heavy (non-hydrogen) atoms. The monoisotopic (exact) mass is 399 g/mol. The van der Waals surface area contributed by atoms with Crippen LogP contribution >= 0.6 is 0 Å². The molecular weight excluding hydrogens is 370 g/mol. The third-order valence-corrected chi connectivity index (χ3v) is 4.70. The Balaban J connectivity index is 1.81. The number of nitrogens with zero attached hydrogens (tertiary/aromatic N) is 2. The molecule has 0 bridgehead atoms. The molecule has 1 saturated heterocycles. The van der Waals surface area contributed by atoms with E-state index in [2.05, 4.69) is 11.9 Å². The number of hydrogen-bond acceptors (Lipinski definition) is 9. The largest absolute Gasteiger partial charge is 0.463 e. The molecule has 4 N–H and O–H groups in total. The Kier molecular flexibility index (Phi) is 8.84. The van der Waals surface area contributed by atoms with Gasteiger partial charge in [0.1, 0.15) is 24.9 Å². The maximum absolute atomic E-state index is 12.0. The van der Waals surface area contributed by atoms with E-state index in [-0.39, 0.29) is 18.4 Å². The molecule has 10 nitrogen and oxygen atoms in total. The first-order valence-electron chi connectivity index (χ1n) is 9.64. The van der Waals surface area contributed by atoms with Crippen molar-refractivity contribution in [1.29, 1.82) is 0 Å². The van der Waals surface area contributed by atoms with Crippen LogP contribution in [0.5, 0.6) is 0 Å². The number of esters is 1. The number of aromatic nitrogens is 2. The summed E-state index contributed by atoms with van der Waals surface area (Å²) in [6.45, 7) is 1.93. The fraction of sp³-hybridized carbons (Fsp3) is 0.722. The fourth-order valence-electron chi connectivity index (χ4n) is 3.06. The molecule has 2 rings (SSSR count). The smallest absolute Gasteiger partial charge is 0.351 e. The van der Waals surface area contributed by atoms with Crippen LogP contribution in [0.1, 0.15) is 58.1 Å². The zero-order chi connectivity index (χ0) is 20.5. The van der Waals surface area contributed by atoms with Crippen LogP contribution in [-0.4, -0.2) is 55.9 Å². The van der Waals surface area contributed by atoms with Crippen molar-refractivity contribution in [2.24, 2.45) is 0 Å². The topological polar surface area (TPSA) is 143 Å². The van der Waals surface area contributed by atoms with Crippen LogP contribution in [0.2, 0.25) is 0 Å². The molecule has 1 aromatic heterocycles. The molecule has 1 aliphatic rings. The predicted molar refractivity (Wildman–Crippen MR) is 98.8 cm³/mol. The molecule has 0 saturated carbocycles. The summed E-state index contributed by atoms with van der Waals surface area (Å²) < 4.78 is 11.6. The number of carbonyl (C=O) groups is 1. The van der Waals surface area contributed by atoms with Crippen molar-refractivity contribution >= 4 is 11.8 Å². The maximum atomic E-state index is 12.0. The van der Waals surface area contributed by atoms with Gasteiger partial charge in [-0.05, 0) is 12.5 Å². The normalized spacial score (nSPS) is 24.3. The summed E-state index contributed by atoms with van der Waals surface area (Å²) >= 11 is 0. The van der Waals surface area contributed by atoms with E-state index in [1.54, 1.807) is 5.48 Å². The SMILES string of the molecule is CCCCCCCCC(=O)OC[C@H]1O[C@@H](n2ccc(NO)nc2=O)C(O)[C@H]1O. The Hall–Kier alpha value is -2.01. The highest BCUT2D eigenvalue weighted by atomic mass is 16.6. The molecule has 0 aromatic carbocycles. The van der Waals surface area contributed by atoms with Crippen molar-refractivity contribution in [3.8, 4) is 0 Å². The van der Waals surface area contributed by atoms with Gasteiger partial charge < -0.3 is 19.7 Å². The average molecular weight is 399 g/mol. The molecule has 4 atom stereocenters. The highest BCUT2D eigenvalue weighted by molar-refractivity contribution is 5.69. The van der Waals surface area contributed by atoms with Crippen molar-refractivity contribution in [3.05, 3.63) is 22.7 Å². The van der Waals surface area contributed by atoms with Crippen LogP contribution in [0.25, 0.3) is 0 Å². The van der Waals surface area contributed by atoms with Gasteiger partial charge in [-0.3, -0.25) is 20.0 Å². The van der Waals surface area contributed by atoms with Gasteiger partial charge in [0.15, 0.2) is 12.0 Å². The minimum atomic E-state index is -1.39. The van der Waals surface area contributed by atoms with Gasteiger partial charge in [0.05, 0.1) is 0 Å². The first-order valence-corrected chi connectivity index (χ1v) is 9.64. The van der Waals surface area contributed by atoms with Crippen LogP contribution in [0.4, 0.5) is 5.82 Å². The molecule has 10 heteroatoms. The van der Waals surface area contributed by atoms with Gasteiger partial charge in [0.25, 0.3) is 0 Å². The quantitative estimate of drug-likeness (QED) is 0.243. The van der Waals surface area contributed by atoms with Crippen LogP contribution in [0, 0.1) is 0 Å². The van der Waals surface area contributed by atoms with Crippen molar-refractivity contribution in [2.75, 3.05) is 12.1 Å². The summed E-state index contributed by atoms with van der Waals surface area (Å²) in [6.07, 6.45) is 3.03. The second-order valence-electron chi connectivity index (χ2n) is 6.86. The zero-order valence-corrected chi connectivity index (χ0v) is 16.0. The number of hydrogen-bond donors (Lipinski definition) is 4. The number of carbonyl (C=O) groups excluding carboxylic acids is 1. The third kappa shape index (κ3) is 5.99. The molecule has 0 amide bonds. The van der Waals surface area contributed by atoms with Crippen LogP contribution in [0.3, 0.4) is 0 Å². The van der Waals surface area contributed by atoms with E-state index < -0.39 is 30.2 Å². The highest BCUT2D eigenvalue weighted by Crippen LogP contribution is 2.28. The second-order valence-corrected chi connectivity index (χ2v) is 6.86. The van der Waals surface area contributed by atoms with Gasteiger partial charge in [0.2, 0.25) is 0 Å². The lowest BCUT2D eigenvalue weighted by molar-refractivity contribution is -0.150. The second kappa shape index (κ2) is 11.1. The van der Waals surface area contributed by atoms with E-state index in [0.29, 0.717) is 6.42 Å². The maximum Gasteiger partial charge on any atom is 0.351 e. The number of nitrogens with one attached hydrogen (secondary N) is 1. The number of anilines is 1. The molecule has 2 heterocycles. The molecule has 0 radical (unpaired) electrons. The van der Waals surface area contributed by atoms with Crippen LogP contribution < -0.4 is 11.2 Å². The molecule has 158 valence electrons. The van der Waals surface area contributed by atoms with E-state index in [1.165, 1.54) is 25.1 Å². The standard InChI is InChI=1S/C18H29N3O7/c1-2-3-4-5-6-7-8-14(22)27-11-12-15(23)16(24)17(28-12)21-10-9-13(20-26)19-18(21)25/h9-10,12,15-17,23-24,26H,2-8,11H2,1H3,(H,19,20,25)/t12-,15+,16?,17-/m1/s1. The van der Waals surface area contributed by atoms with Gasteiger partial charge in [0, 0.05) is 12.6 Å². The molecule has 1 unspecified atom stereocenters. The summed E-state index contributed by atoms with van der Waals surface area (Å²) in [7, 11) is 0. The Morgan fingerprint density at radius 1 is 1.25 bits per heavy atom. The van der Waals surface area contributed by atoms with E-state index in [4.69, 9.17) is 14.7 Å². The molecule has 0 spiro atoms. The molecule has 1 aliphatic heterocycles. The lowest BCUT2D eigenvalue weighted by Crippen LogP contribution is -2.36. The van der Waals surface area contributed by atoms with Crippen molar-refractivity contribution in [3.63, 3.8) is 0 Å². The van der Waals surface area contributed by atoms with Crippen LogP contribution in [-0.2, 0) is 14.3 Å². The number of rotatable bonds is 11. The Morgan fingerprint density at radius 2 is 1.96 bits per heavy atom. The van der Waals surface area contributed by atoms with Gasteiger partial charge in [-0.1, -0.05) is 39.0 Å². The Labute approximate surface area is 163 Å². The number of unbranched alkanes of at least 4 members (excludes halogenated alkanes) is 5. The lowest BCUT2D eigenvalue weighted by atomic mass is 10.1. The molecule has 0 aliphatic carbocycles. The molecule has 1 aromatic rings. The first kappa shape index (κ1) is 22.3. The van der Waals surface area contributed by atoms with Crippen LogP contribution in [0.15, 0.2) is 17.1 Å². The average Bonchev–Trinajstić information content (AvgIpc) is 2.97. The highest BCUT2D eigenvalue weighted by Gasteiger charge is 2.44. The number of aliphatic hydroxyl groups is 2. The fourth-order valence-corrected chi connectivity index (χ4v) is 3.06. The molecular formula is C18H29N3O7. The summed E-state index contributed by atoms with van der Waals surface area (Å²) in [6, 6.07) is 1.30.